The number of alkyl halides is 3. The average Bonchev–Trinajstić information content (AvgIpc) is 2.52. The van der Waals surface area contributed by atoms with E-state index in [2.05, 4.69) is 4.18 Å². The molecule has 0 amide bonds. The van der Waals surface area contributed by atoms with Gasteiger partial charge in [-0.15, -0.1) is 0 Å². The summed E-state index contributed by atoms with van der Waals surface area (Å²) in [6.07, 6.45) is -4.89. The maximum atomic E-state index is 13.0. The monoisotopic (exact) mass is 361 g/mol. The Bertz CT molecular complexity index is 850. The molecule has 0 aliphatic heterocycles. The van der Waals surface area contributed by atoms with Gasteiger partial charge in [-0.3, -0.25) is 14.3 Å². The fourth-order valence-corrected chi connectivity index (χ4v) is 2.85. The molecule has 0 bridgehead atoms. The molecule has 2 aromatic carbocycles. The summed E-state index contributed by atoms with van der Waals surface area (Å²) in [7, 11) is -4.35. The molecule has 2 rings (SSSR count). The number of nitrogens with zero attached hydrogens (tertiary/aromatic N) is 1. The molecule has 0 saturated heterocycles. The van der Waals surface area contributed by atoms with Crippen LogP contribution in [0.25, 0.3) is 0 Å². The Labute approximate surface area is 134 Å². The lowest BCUT2D eigenvalue weighted by Crippen LogP contribution is -2.14. The SMILES string of the molecule is O=[N+]([O-])c1cccc(C(F)(F)F)c1COS(=O)(=O)c1ccccc1. The number of benzene rings is 2. The zero-order valence-electron chi connectivity index (χ0n) is 11.9. The number of nitro benzene ring substituents is 1. The molecule has 0 N–H and O–H groups in total. The number of hydrogen-bond acceptors (Lipinski definition) is 5. The van der Waals surface area contributed by atoms with Crippen LogP contribution >= 0.6 is 0 Å². The lowest BCUT2D eigenvalue weighted by Gasteiger charge is -2.13. The van der Waals surface area contributed by atoms with Crippen LogP contribution in [0.3, 0.4) is 0 Å². The van der Waals surface area contributed by atoms with Gasteiger partial charge in [0.05, 0.1) is 27.6 Å². The van der Waals surface area contributed by atoms with Crippen LogP contribution in [-0.2, 0) is 27.1 Å². The van der Waals surface area contributed by atoms with Gasteiger partial charge in [-0.05, 0) is 18.2 Å². The van der Waals surface area contributed by atoms with Gasteiger partial charge in [-0.1, -0.05) is 24.3 Å². The average molecular weight is 361 g/mol. The van der Waals surface area contributed by atoms with Crippen LogP contribution in [-0.4, -0.2) is 13.3 Å². The van der Waals surface area contributed by atoms with Crippen molar-refractivity contribution in [2.24, 2.45) is 0 Å². The van der Waals surface area contributed by atoms with Crippen molar-refractivity contribution < 1.29 is 30.7 Å². The molecule has 10 heteroatoms. The molecule has 0 atom stereocenters. The van der Waals surface area contributed by atoms with Crippen LogP contribution in [0.5, 0.6) is 0 Å². The van der Waals surface area contributed by atoms with Crippen molar-refractivity contribution in [1.29, 1.82) is 0 Å². The zero-order chi connectivity index (χ0) is 18.0. The molecule has 128 valence electrons. The first-order chi connectivity index (χ1) is 11.1. The Morgan fingerprint density at radius 1 is 1.04 bits per heavy atom. The minimum Gasteiger partial charge on any atom is -0.261 e. The fraction of sp³-hybridized carbons (Fsp3) is 0.143. The fourth-order valence-electron chi connectivity index (χ4n) is 1.95. The van der Waals surface area contributed by atoms with Crippen molar-refractivity contribution in [3.8, 4) is 0 Å². The van der Waals surface area contributed by atoms with Gasteiger partial charge in [0.25, 0.3) is 15.8 Å². The van der Waals surface area contributed by atoms with Crippen LogP contribution in [0, 0.1) is 10.1 Å². The zero-order valence-corrected chi connectivity index (χ0v) is 12.7. The second kappa shape index (κ2) is 6.57. The first-order valence-electron chi connectivity index (χ1n) is 6.41. The first kappa shape index (κ1) is 17.9. The number of nitro groups is 1. The standard InChI is InChI=1S/C14H10F3NO5S/c15-14(16,17)12-7-4-8-13(18(19)20)11(12)9-23-24(21,22)10-5-2-1-3-6-10/h1-8H,9H2. The molecule has 0 aliphatic rings. The van der Waals surface area contributed by atoms with E-state index in [1.807, 2.05) is 0 Å². The molecule has 0 saturated carbocycles. The Kier molecular flexibility index (Phi) is 4.90. The predicted octanol–water partition coefficient (Wildman–Crippen LogP) is 3.52. The summed E-state index contributed by atoms with van der Waals surface area (Å²) in [5, 5.41) is 10.9. The van der Waals surface area contributed by atoms with E-state index in [1.54, 1.807) is 6.07 Å². The van der Waals surface area contributed by atoms with Crippen molar-refractivity contribution in [2.75, 3.05) is 0 Å². The van der Waals surface area contributed by atoms with E-state index in [0.717, 1.165) is 12.1 Å². The smallest absolute Gasteiger partial charge is 0.261 e. The van der Waals surface area contributed by atoms with Crippen LogP contribution in [0.4, 0.5) is 18.9 Å². The topological polar surface area (TPSA) is 86.5 Å². The van der Waals surface area contributed by atoms with Crippen molar-refractivity contribution in [1.82, 2.24) is 0 Å². The number of halogens is 3. The Morgan fingerprint density at radius 2 is 1.67 bits per heavy atom. The minimum absolute atomic E-state index is 0.267. The summed E-state index contributed by atoms with van der Waals surface area (Å²) >= 11 is 0. The largest absolute Gasteiger partial charge is 0.417 e. The molecular weight excluding hydrogens is 351 g/mol. The van der Waals surface area contributed by atoms with E-state index < -0.39 is 44.6 Å². The lowest BCUT2D eigenvalue weighted by atomic mass is 10.1. The van der Waals surface area contributed by atoms with E-state index in [1.165, 1.54) is 24.3 Å². The summed E-state index contributed by atoms with van der Waals surface area (Å²) in [6.45, 7) is -1.11. The highest BCUT2D eigenvalue weighted by molar-refractivity contribution is 7.86. The van der Waals surface area contributed by atoms with Gasteiger partial charge in [0.1, 0.15) is 0 Å². The molecule has 0 fully saturated rings. The highest BCUT2D eigenvalue weighted by Crippen LogP contribution is 2.36. The Morgan fingerprint density at radius 3 is 2.21 bits per heavy atom. The van der Waals surface area contributed by atoms with Crippen LogP contribution in [0.2, 0.25) is 0 Å². The third kappa shape index (κ3) is 3.89. The second-order valence-electron chi connectivity index (χ2n) is 4.59. The molecule has 0 radical (unpaired) electrons. The van der Waals surface area contributed by atoms with Gasteiger partial charge < -0.3 is 0 Å². The van der Waals surface area contributed by atoms with Gasteiger partial charge in [0.15, 0.2) is 0 Å². The van der Waals surface area contributed by atoms with Gasteiger partial charge in [0.2, 0.25) is 0 Å². The van der Waals surface area contributed by atoms with Crippen molar-refractivity contribution in [3.05, 3.63) is 69.8 Å². The van der Waals surface area contributed by atoms with Crippen LogP contribution in [0.1, 0.15) is 11.1 Å². The van der Waals surface area contributed by atoms with Crippen molar-refractivity contribution in [3.63, 3.8) is 0 Å². The van der Waals surface area contributed by atoms with E-state index in [-0.39, 0.29) is 4.90 Å². The molecule has 6 nitrogen and oxygen atoms in total. The molecule has 0 aliphatic carbocycles. The Hall–Kier alpha value is -2.46. The maximum absolute atomic E-state index is 13.0. The summed E-state index contributed by atoms with van der Waals surface area (Å²) in [6, 6.07) is 9.09. The Balaban J connectivity index is 2.41. The molecule has 24 heavy (non-hydrogen) atoms. The lowest BCUT2D eigenvalue weighted by molar-refractivity contribution is -0.386. The molecular formula is C14H10F3NO5S. The van der Waals surface area contributed by atoms with E-state index in [9.17, 15) is 31.7 Å². The van der Waals surface area contributed by atoms with Gasteiger partial charge in [0, 0.05) is 6.07 Å². The van der Waals surface area contributed by atoms with Crippen molar-refractivity contribution in [2.45, 2.75) is 17.7 Å². The second-order valence-corrected chi connectivity index (χ2v) is 6.20. The summed E-state index contributed by atoms with van der Waals surface area (Å²) < 4.78 is 67.6. The van der Waals surface area contributed by atoms with Gasteiger partial charge >= 0.3 is 6.18 Å². The molecule has 0 spiro atoms. The molecule has 2 aromatic rings. The highest BCUT2D eigenvalue weighted by Gasteiger charge is 2.37. The minimum atomic E-state index is -4.89. The van der Waals surface area contributed by atoms with E-state index in [4.69, 9.17) is 0 Å². The van der Waals surface area contributed by atoms with E-state index >= 15 is 0 Å². The van der Waals surface area contributed by atoms with Gasteiger partial charge in [-0.25, -0.2) is 0 Å². The molecule has 0 aromatic heterocycles. The quantitative estimate of drug-likeness (QED) is 0.462. The van der Waals surface area contributed by atoms with Gasteiger partial charge in [-0.2, -0.15) is 21.6 Å². The summed E-state index contributed by atoms with van der Waals surface area (Å²) in [5.41, 5.74) is -3.04. The third-order valence-corrected chi connectivity index (χ3v) is 4.32. The normalized spacial score (nSPS) is 12.1. The predicted molar refractivity (Wildman–Crippen MR) is 76.5 cm³/mol. The molecule has 0 unspecified atom stereocenters. The number of hydrogen-bond donors (Lipinski definition) is 0. The highest BCUT2D eigenvalue weighted by atomic mass is 32.2. The number of rotatable bonds is 5. The van der Waals surface area contributed by atoms with Crippen LogP contribution in [0.15, 0.2) is 53.4 Å². The van der Waals surface area contributed by atoms with Crippen LogP contribution < -0.4 is 0 Å². The third-order valence-electron chi connectivity index (χ3n) is 3.04. The first-order valence-corrected chi connectivity index (χ1v) is 7.82. The maximum Gasteiger partial charge on any atom is 0.417 e. The van der Waals surface area contributed by atoms with Crippen molar-refractivity contribution >= 4 is 15.8 Å². The summed E-state index contributed by atoms with van der Waals surface area (Å²) in [4.78, 5) is 9.64. The van der Waals surface area contributed by atoms with E-state index in [0.29, 0.717) is 6.07 Å². The summed E-state index contributed by atoms with van der Waals surface area (Å²) in [5.74, 6) is 0. The molecule has 0 heterocycles.